The third-order valence-electron chi connectivity index (χ3n) is 2.94. The Morgan fingerprint density at radius 2 is 2.05 bits per heavy atom. The van der Waals surface area contributed by atoms with Crippen LogP contribution in [0.4, 0.5) is 5.69 Å². The van der Waals surface area contributed by atoms with E-state index >= 15 is 0 Å². The first-order chi connectivity index (χ1) is 10.4. The maximum Gasteiger partial charge on any atom is 0.377 e. The molecule has 1 atom stereocenters. The van der Waals surface area contributed by atoms with Crippen LogP contribution in [0.5, 0.6) is 0 Å². The first-order valence-electron chi connectivity index (χ1n) is 6.58. The number of amides is 1. The van der Waals surface area contributed by atoms with Crippen molar-refractivity contribution in [3.63, 3.8) is 0 Å². The number of ether oxygens (including phenoxy) is 1. The highest BCUT2D eigenvalue weighted by atomic mass is 35.5. The van der Waals surface area contributed by atoms with Crippen molar-refractivity contribution in [1.29, 1.82) is 0 Å². The van der Waals surface area contributed by atoms with Crippen LogP contribution in [-0.4, -0.2) is 23.1 Å². The van der Waals surface area contributed by atoms with Crippen molar-refractivity contribution >= 4 is 29.2 Å². The lowest BCUT2D eigenvalue weighted by atomic mass is 10.2. The Labute approximate surface area is 132 Å². The van der Waals surface area contributed by atoms with Gasteiger partial charge in [0, 0.05) is 16.8 Å². The number of rotatable bonds is 4. The van der Waals surface area contributed by atoms with E-state index in [9.17, 15) is 9.59 Å². The van der Waals surface area contributed by atoms with Gasteiger partial charge in [0.2, 0.25) is 5.76 Å². The number of anilines is 1. The highest BCUT2D eigenvalue weighted by molar-refractivity contribution is 6.31. The van der Waals surface area contributed by atoms with Gasteiger partial charge in [-0.1, -0.05) is 22.8 Å². The Morgan fingerprint density at radius 1 is 1.32 bits per heavy atom. The van der Waals surface area contributed by atoms with Gasteiger partial charge < -0.3 is 14.6 Å². The van der Waals surface area contributed by atoms with E-state index in [4.69, 9.17) is 20.9 Å². The lowest BCUT2D eigenvalue weighted by Crippen LogP contribution is -2.30. The van der Waals surface area contributed by atoms with Gasteiger partial charge in [-0.2, -0.15) is 0 Å². The second kappa shape index (κ2) is 6.62. The lowest BCUT2D eigenvalue weighted by molar-refractivity contribution is -0.123. The highest BCUT2D eigenvalue weighted by Crippen LogP contribution is 2.20. The monoisotopic (exact) mass is 322 g/mol. The zero-order valence-electron chi connectivity index (χ0n) is 12.3. The average Bonchev–Trinajstić information content (AvgIpc) is 2.89. The van der Waals surface area contributed by atoms with Crippen LogP contribution in [0, 0.1) is 13.8 Å². The molecule has 0 aliphatic carbocycles. The van der Waals surface area contributed by atoms with E-state index in [0.717, 1.165) is 5.56 Å². The summed E-state index contributed by atoms with van der Waals surface area (Å²) in [6.07, 6.45) is -0.990. The largest absolute Gasteiger partial charge is 0.447 e. The number of benzene rings is 1. The topological polar surface area (TPSA) is 81.4 Å². The van der Waals surface area contributed by atoms with E-state index in [1.165, 1.54) is 13.0 Å². The predicted octanol–water partition coefficient (Wildman–Crippen LogP) is 3.13. The van der Waals surface area contributed by atoms with Crippen LogP contribution in [0.25, 0.3) is 0 Å². The molecule has 0 bridgehead atoms. The summed E-state index contributed by atoms with van der Waals surface area (Å²) in [5, 5.41) is 6.76. The summed E-state index contributed by atoms with van der Waals surface area (Å²) in [7, 11) is 0. The van der Waals surface area contributed by atoms with Gasteiger partial charge in [-0.25, -0.2) is 4.79 Å². The molecule has 1 N–H and O–H groups in total. The molecular formula is C15H15ClN2O4. The van der Waals surface area contributed by atoms with Crippen LogP contribution in [0.15, 0.2) is 28.8 Å². The molecule has 1 aromatic heterocycles. The van der Waals surface area contributed by atoms with Crippen LogP contribution in [0.2, 0.25) is 5.02 Å². The van der Waals surface area contributed by atoms with Gasteiger partial charge in [-0.3, -0.25) is 4.79 Å². The quantitative estimate of drug-likeness (QED) is 0.874. The summed E-state index contributed by atoms with van der Waals surface area (Å²) in [6, 6.07) is 6.57. The molecule has 0 saturated heterocycles. The number of esters is 1. The standard InChI is InChI=1S/C15H15ClN2O4/c1-8-4-5-11(16)7-12(8)17-14(19)10(3)21-15(20)13-6-9(2)18-22-13/h4-7,10H,1-3H3,(H,17,19)/t10-/m0/s1. The zero-order valence-corrected chi connectivity index (χ0v) is 13.1. The van der Waals surface area contributed by atoms with Crippen LogP contribution in [0.3, 0.4) is 0 Å². The first-order valence-corrected chi connectivity index (χ1v) is 6.96. The van der Waals surface area contributed by atoms with Crippen LogP contribution < -0.4 is 5.32 Å². The van der Waals surface area contributed by atoms with Crippen LogP contribution in [-0.2, 0) is 9.53 Å². The molecule has 1 amide bonds. The molecule has 0 unspecified atom stereocenters. The van der Waals surface area contributed by atoms with Crippen LogP contribution in [0.1, 0.15) is 28.7 Å². The SMILES string of the molecule is Cc1cc(C(=O)O[C@@H](C)C(=O)Nc2cc(Cl)ccc2C)on1. The van der Waals surface area contributed by atoms with Gasteiger partial charge in [0.05, 0.1) is 5.69 Å². The first kappa shape index (κ1) is 16.0. The Hall–Kier alpha value is -2.34. The Morgan fingerprint density at radius 3 is 2.68 bits per heavy atom. The number of hydrogen-bond acceptors (Lipinski definition) is 5. The second-order valence-electron chi connectivity index (χ2n) is 4.83. The number of nitrogens with one attached hydrogen (secondary N) is 1. The molecule has 0 spiro atoms. The van der Waals surface area contributed by atoms with Gasteiger partial charge in [0.15, 0.2) is 6.10 Å². The predicted molar refractivity (Wildman–Crippen MR) is 80.9 cm³/mol. The maximum atomic E-state index is 12.1. The van der Waals surface area contributed by atoms with Gasteiger partial charge in [0.1, 0.15) is 0 Å². The van der Waals surface area contributed by atoms with Crippen molar-refractivity contribution in [2.75, 3.05) is 5.32 Å². The van der Waals surface area contributed by atoms with Crippen molar-refractivity contribution in [2.45, 2.75) is 26.9 Å². The normalized spacial score (nSPS) is 11.8. The van der Waals surface area contributed by atoms with Crippen LogP contribution >= 0.6 is 11.6 Å². The van der Waals surface area contributed by atoms with Crippen molar-refractivity contribution in [1.82, 2.24) is 5.16 Å². The van der Waals surface area contributed by atoms with Gasteiger partial charge in [0.25, 0.3) is 5.91 Å². The van der Waals surface area contributed by atoms with E-state index in [0.29, 0.717) is 16.4 Å². The van der Waals surface area contributed by atoms with E-state index in [1.54, 1.807) is 25.1 Å². The number of halogens is 1. The van der Waals surface area contributed by atoms with E-state index in [1.807, 2.05) is 6.92 Å². The zero-order chi connectivity index (χ0) is 16.3. The van der Waals surface area contributed by atoms with E-state index in [-0.39, 0.29) is 5.76 Å². The van der Waals surface area contributed by atoms with E-state index in [2.05, 4.69) is 10.5 Å². The van der Waals surface area contributed by atoms with Crippen molar-refractivity contribution in [3.05, 3.63) is 46.3 Å². The third-order valence-corrected chi connectivity index (χ3v) is 3.17. The van der Waals surface area contributed by atoms with Crippen molar-refractivity contribution in [3.8, 4) is 0 Å². The minimum Gasteiger partial charge on any atom is -0.447 e. The number of aromatic nitrogens is 1. The molecule has 116 valence electrons. The summed E-state index contributed by atoms with van der Waals surface area (Å²) in [5.74, 6) is -1.25. The molecule has 0 fully saturated rings. The number of nitrogens with zero attached hydrogens (tertiary/aromatic N) is 1. The highest BCUT2D eigenvalue weighted by Gasteiger charge is 2.22. The summed E-state index contributed by atoms with van der Waals surface area (Å²) < 4.78 is 9.82. The number of carbonyl (C=O) groups is 2. The molecular weight excluding hydrogens is 308 g/mol. The fraction of sp³-hybridized carbons (Fsp3) is 0.267. The number of aryl methyl sites for hydroxylation is 2. The van der Waals surface area contributed by atoms with Gasteiger partial charge >= 0.3 is 5.97 Å². The summed E-state index contributed by atoms with van der Waals surface area (Å²) >= 11 is 5.89. The average molecular weight is 323 g/mol. The third kappa shape index (κ3) is 3.85. The van der Waals surface area contributed by atoms with Gasteiger partial charge in [-0.05, 0) is 38.5 Å². The number of carbonyl (C=O) groups excluding carboxylic acids is 2. The summed E-state index contributed by atoms with van der Waals surface area (Å²) in [4.78, 5) is 23.9. The molecule has 0 radical (unpaired) electrons. The molecule has 7 heteroatoms. The number of hydrogen-bond donors (Lipinski definition) is 1. The fourth-order valence-corrected chi connectivity index (χ4v) is 1.87. The lowest BCUT2D eigenvalue weighted by Gasteiger charge is -2.14. The molecule has 22 heavy (non-hydrogen) atoms. The molecule has 1 heterocycles. The Balaban J connectivity index is 2.00. The van der Waals surface area contributed by atoms with Gasteiger partial charge in [-0.15, -0.1) is 0 Å². The smallest absolute Gasteiger partial charge is 0.377 e. The summed E-state index contributed by atoms with van der Waals surface area (Å²) in [5.41, 5.74) is 1.97. The molecule has 1 aromatic carbocycles. The fourth-order valence-electron chi connectivity index (χ4n) is 1.70. The molecule has 0 aliphatic rings. The van der Waals surface area contributed by atoms with Crippen molar-refractivity contribution in [2.24, 2.45) is 0 Å². The van der Waals surface area contributed by atoms with E-state index < -0.39 is 18.0 Å². The Bertz CT molecular complexity index is 711. The molecule has 2 rings (SSSR count). The summed E-state index contributed by atoms with van der Waals surface area (Å²) in [6.45, 7) is 4.98. The molecule has 6 nitrogen and oxygen atoms in total. The Kier molecular flexibility index (Phi) is 4.82. The minimum atomic E-state index is -0.990. The molecule has 2 aromatic rings. The molecule has 0 saturated carbocycles. The minimum absolute atomic E-state index is 0.0453. The second-order valence-corrected chi connectivity index (χ2v) is 5.27. The van der Waals surface area contributed by atoms with Crippen molar-refractivity contribution < 1.29 is 18.8 Å². The maximum absolute atomic E-state index is 12.1. The molecule has 0 aliphatic heterocycles.